The number of anilines is 2. The lowest BCUT2D eigenvalue weighted by atomic mass is 9.87. The molecule has 1 aliphatic rings. The molecule has 0 bridgehead atoms. The molecule has 1 fully saturated rings. The van der Waals surface area contributed by atoms with Crippen molar-refractivity contribution in [2.75, 3.05) is 23.7 Å². The van der Waals surface area contributed by atoms with Gasteiger partial charge in [0.05, 0.1) is 18.4 Å². The van der Waals surface area contributed by atoms with Crippen molar-refractivity contribution in [1.82, 2.24) is 19.7 Å². The molecule has 0 aromatic carbocycles. The van der Waals surface area contributed by atoms with Gasteiger partial charge in [0, 0.05) is 25.9 Å². The minimum absolute atomic E-state index is 0.00139. The summed E-state index contributed by atoms with van der Waals surface area (Å²) >= 11 is 0. The summed E-state index contributed by atoms with van der Waals surface area (Å²) in [7, 11) is 0. The van der Waals surface area contributed by atoms with Gasteiger partial charge in [0.25, 0.3) is 0 Å². The van der Waals surface area contributed by atoms with Crippen LogP contribution in [-0.4, -0.2) is 38.8 Å². The molecule has 2 aromatic rings. The zero-order valence-electron chi connectivity index (χ0n) is 13.5. The van der Waals surface area contributed by atoms with Crippen LogP contribution in [0.5, 0.6) is 0 Å². The second-order valence-corrected chi connectivity index (χ2v) is 6.20. The Morgan fingerprint density at radius 3 is 2.71 bits per heavy atom. The molecule has 2 heterocycles. The number of halogens is 2. The molecule has 2 N–H and O–H groups in total. The van der Waals surface area contributed by atoms with E-state index >= 15 is 0 Å². The lowest BCUT2D eigenvalue weighted by Crippen LogP contribution is -2.28. The van der Waals surface area contributed by atoms with E-state index in [0.717, 1.165) is 24.6 Å². The number of hydrogen-bond donors (Lipinski definition) is 2. The standard InChI is InChI=1S/C16H22F2N6/c17-16(18)5-3-13(4-6-16)9-21-15-2-1-14(10-22-15)20-7-8-24-12-19-11-23-24/h1-2,10-13,20H,3-9H2,(H,21,22). The van der Waals surface area contributed by atoms with Crippen molar-refractivity contribution in [3.8, 4) is 0 Å². The largest absolute Gasteiger partial charge is 0.382 e. The van der Waals surface area contributed by atoms with E-state index in [9.17, 15) is 8.78 Å². The second-order valence-electron chi connectivity index (χ2n) is 6.20. The Labute approximate surface area is 139 Å². The van der Waals surface area contributed by atoms with Crippen LogP contribution in [0, 0.1) is 5.92 Å². The average molecular weight is 336 g/mol. The van der Waals surface area contributed by atoms with Crippen LogP contribution >= 0.6 is 0 Å². The third kappa shape index (κ3) is 4.87. The molecular formula is C16H22F2N6. The van der Waals surface area contributed by atoms with Crippen molar-refractivity contribution in [1.29, 1.82) is 0 Å². The van der Waals surface area contributed by atoms with Crippen LogP contribution in [0.1, 0.15) is 25.7 Å². The maximum Gasteiger partial charge on any atom is 0.248 e. The fraction of sp³-hybridized carbons (Fsp3) is 0.562. The topological polar surface area (TPSA) is 67.7 Å². The number of nitrogens with zero attached hydrogens (tertiary/aromatic N) is 4. The van der Waals surface area contributed by atoms with E-state index < -0.39 is 5.92 Å². The van der Waals surface area contributed by atoms with Crippen LogP contribution in [0.2, 0.25) is 0 Å². The van der Waals surface area contributed by atoms with Crippen molar-refractivity contribution in [3.05, 3.63) is 31.0 Å². The average Bonchev–Trinajstić information content (AvgIpc) is 3.08. The van der Waals surface area contributed by atoms with Gasteiger partial charge in [-0.15, -0.1) is 0 Å². The molecule has 0 spiro atoms. The Kier molecular flexibility index (Phi) is 5.22. The van der Waals surface area contributed by atoms with Gasteiger partial charge in [0.15, 0.2) is 0 Å². The van der Waals surface area contributed by atoms with Gasteiger partial charge in [0.2, 0.25) is 5.92 Å². The van der Waals surface area contributed by atoms with Crippen LogP contribution < -0.4 is 10.6 Å². The Morgan fingerprint density at radius 1 is 1.21 bits per heavy atom. The molecule has 0 aliphatic heterocycles. The molecule has 24 heavy (non-hydrogen) atoms. The lowest BCUT2D eigenvalue weighted by molar-refractivity contribution is -0.0443. The van der Waals surface area contributed by atoms with Gasteiger partial charge in [-0.3, -0.25) is 4.68 Å². The Balaban J connectivity index is 1.38. The van der Waals surface area contributed by atoms with Gasteiger partial charge < -0.3 is 10.6 Å². The van der Waals surface area contributed by atoms with Crippen molar-refractivity contribution in [3.63, 3.8) is 0 Å². The van der Waals surface area contributed by atoms with Crippen LogP contribution in [0.25, 0.3) is 0 Å². The van der Waals surface area contributed by atoms with Crippen LogP contribution in [0.15, 0.2) is 31.0 Å². The van der Waals surface area contributed by atoms with Crippen molar-refractivity contribution < 1.29 is 8.78 Å². The molecule has 130 valence electrons. The minimum atomic E-state index is -2.46. The minimum Gasteiger partial charge on any atom is -0.382 e. The second kappa shape index (κ2) is 7.55. The third-order valence-electron chi connectivity index (χ3n) is 4.31. The summed E-state index contributed by atoms with van der Waals surface area (Å²) in [4.78, 5) is 8.24. The van der Waals surface area contributed by atoms with Gasteiger partial charge in [-0.05, 0) is 30.9 Å². The zero-order chi connectivity index (χ0) is 16.8. The first kappa shape index (κ1) is 16.6. The van der Waals surface area contributed by atoms with Gasteiger partial charge in [0.1, 0.15) is 18.5 Å². The van der Waals surface area contributed by atoms with Crippen molar-refractivity contribution in [2.24, 2.45) is 5.92 Å². The van der Waals surface area contributed by atoms with E-state index in [-0.39, 0.29) is 12.8 Å². The van der Waals surface area contributed by atoms with E-state index in [1.807, 2.05) is 12.1 Å². The van der Waals surface area contributed by atoms with Crippen LogP contribution in [0.3, 0.4) is 0 Å². The highest BCUT2D eigenvalue weighted by Gasteiger charge is 2.34. The van der Waals surface area contributed by atoms with Gasteiger partial charge in [-0.2, -0.15) is 5.10 Å². The molecule has 0 radical (unpaired) electrons. The Hall–Kier alpha value is -2.25. The van der Waals surface area contributed by atoms with Gasteiger partial charge >= 0.3 is 0 Å². The number of pyridine rings is 1. The number of alkyl halides is 2. The van der Waals surface area contributed by atoms with Crippen LogP contribution in [-0.2, 0) is 6.54 Å². The predicted octanol–water partition coefficient (Wildman–Crippen LogP) is 3.02. The number of rotatable bonds is 7. The Morgan fingerprint density at radius 2 is 2.04 bits per heavy atom. The number of nitrogens with one attached hydrogen (secondary N) is 2. The highest BCUT2D eigenvalue weighted by atomic mass is 19.3. The molecule has 0 amide bonds. The van der Waals surface area contributed by atoms with E-state index in [4.69, 9.17) is 0 Å². The van der Waals surface area contributed by atoms with Crippen molar-refractivity contribution in [2.45, 2.75) is 38.2 Å². The smallest absolute Gasteiger partial charge is 0.248 e. The third-order valence-corrected chi connectivity index (χ3v) is 4.31. The first-order valence-electron chi connectivity index (χ1n) is 8.25. The first-order chi connectivity index (χ1) is 11.6. The van der Waals surface area contributed by atoms with Gasteiger partial charge in [-0.1, -0.05) is 0 Å². The summed E-state index contributed by atoms with van der Waals surface area (Å²) in [6.07, 6.45) is 6.09. The van der Waals surface area contributed by atoms with Gasteiger partial charge in [-0.25, -0.2) is 18.7 Å². The quantitative estimate of drug-likeness (QED) is 0.813. The van der Waals surface area contributed by atoms with Crippen LogP contribution in [0.4, 0.5) is 20.3 Å². The molecule has 1 saturated carbocycles. The summed E-state index contributed by atoms with van der Waals surface area (Å²) in [5.74, 6) is -1.39. The summed E-state index contributed by atoms with van der Waals surface area (Å²) in [5.41, 5.74) is 0.929. The zero-order valence-corrected chi connectivity index (χ0v) is 13.5. The number of aromatic nitrogens is 4. The molecular weight excluding hydrogens is 314 g/mol. The molecule has 8 heteroatoms. The lowest BCUT2D eigenvalue weighted by Gasteiger charge is -2.28. The van der Waals surface area contributed by atoms with Crippen molar-refractivity contribution >= 4 is 11.5 Å². The summed E-state index contributed by atoms with van der Waals surface area (Å²) < 4.78 is 28.0. The fourth-order valence-electron chi connectivity index (χ4n) is 2.82. The van der Waals surface area contributed by atoms with E-state index in [2.05, 4.69) is 25.7 Å². The van der Waals surface area contributed by atoms with E-state index in [0.29, 0.717) is 25.3 Å². The molecule has 0 atom stereocenters. The predicted molar refractivity (Wildman–Crippen MR) is 88.1 cm³/mol. The summed E-state index contributed by atoms with van der Waals surface area (Å²) in [6.45, 7) is 2.16. The first-order valence-corrected chi connectivity index (χ1v) is 8.25. The highest BCUT2D eigenvalue weighted by Crippen LogP contribution is 2.36. The highest BCUT2D eigenvalue weighted by molar-refractivity contribution is 5.47. The molecule has 1 aliphatic carbocycles. The maximum atomic E-state index is 13.1. The maximum absolute atomic E-state index is 13.1. The van der Waals surface area contributed by atoms with E-state index in [1.165, 1.54) is 6.33 Å². The monoisotopic (exact) mass is 336 g/mol. The molecule has 3 rings (SSSR count). The van der Waals surface area contributed by atoms with E-state index in [1.54, 1.807) is 17.2 Å². The molecule has 2 aromatic heterocycles. The summed E-state index contributed by atoms with van der Waals surface area (Å²) in [6, 6.07) is 3.85. The normalized spacial score (nSPS) is 17.6. The Bertz CT molecular complexity index is 604. The molecule has 0 unspecified atom stereocenters. The fourth-order valence-corrected chi connectivity index (χ4v) is 2.82. The molecule has 0 saturated heterocycles. The molecule has 6 nitrogen and oxygen atoms in total. The number of hydrogen-bond acceptors (Lipinski definition) is 5. The summed E-state index contributed by atoms with van der Waals surface area (Å²) in [5, 5.41) is 10.5. The SMILES string of the molecule is FC1(F)CCC(CNc2ccc(NCCn3cncn3)cn2)CC1.